The van der Waals surface area contributed by atoms with E-state index >= 15 is 0 Å². The Labute approximate surface area is 136 Å². The maximum absolute atomic E-state index is 7.10. The monoisotopic (exact) mass is 315 g/mol. The molecule has 0 bridgehead atoms. The minimum atomic E-state index is 0. The summed E-state index contributed by atoms with van der Waals surface area (Å²) in [6.07, 6.45) is 8.22. The summed E-state index contributed by atoms with van der Waals surface area (Å²) in [6, 6.07) is 0. The van der Waals surface area contributed by atoms with Crippen LogP contribution >= 0.6 is 0 Å². The minimum absolute atomic E-state index is 0. The van der Waals surface area contributed by atoms with Gasteiger partial charge in [0.25, 0.3) is 0 Å². The van der Waals surface area contributed by atoms with Crippen molar-refractivity contribution in [3.8, 4) is 5.92 Å². The number of hydrogen-bond donors (Lipinski definition) is 0. The molecule has 1 aromatic carbocycles. The smallest absolute Gasteiger partial charge is 0.0247 e. The van der Waals surface area contributed by atoms with Gasteiger partial charge in [0, 0.05) is 52.3 Å². The normalized spacial score (nSPS) is 14.6. The quantitative estimate of drug-likeness (QED) is 0.569. The summed E-state index contributed by atoms with van der Waals surface area (Å²) in [4.78, 5) is 2.30. The van der Waals surface area contributed by atoms with Crippen LogP contribution in [0.3, 0.4) is 0 Å². The largest absolute Gasteiger partial charge is 0.692 e. The van der Waals surface area contributed by atoms with E-state index in [4.69, 9.17) is 6.42 Å². The Hall–Kier alpha value is -0.156. The minimum Gasteiger partial charge on any atom is -0.692 e. The van der Waals surface area contributed by atoms with Crippen LogP contribution in [-0.2, 0) is 45.7 Å². The van der Waals surface area contributed by atoms with Crippen LogP contribution in [-0.4, -0.2) is 18.0 Å². The molecule has 1 aliphatic heterocycles. The first-order valence-electron chi connectivity index (χ1n) is 6.26. The van der Waals surface area contributed by atoms with E-state index in [2.05, 4.69) is 38.5 Å². The Morgan fingerprint density at radius 3 is 2.11 bits per heavy atom. The molecule has 1 nitrogen and oxygen atoms in total. The van der Waals surface area contributed by atoms with Gasteiger partial charge < -0.3 is 12.3 Å². The second-order valence-corrected chi connectivity index (χ2v) is 5.09. The molecule has 0 aliphatic carbocycles. The topological polar surface area (TPSA) is 3.24 Å². The summed E-state index contributed by atoms with van der Waals surface area (Å²) >= 11 is 0. The summed E-state index contributed by atoms with van der Waals surface area (Å²) < 4.78 is 0. The first kappa shape index (κ1) is 15.9. The van der Waals surface area contributed by atoms with Crippen LogP contribution < -0.4 is 0 Å². The third-order valence-electron chi connectivity index (χ3n) is 4.32. The summed E-state index contributed by atoms with van der Waals surface area (Å²) in [7, 11) is 0. The molecule has 1 heterocycles. The predicted molar refractivity (Wildman–Crippen MR) is 71.5 cm³/mol. The van der Waals surface area contributed by atoms with Crippen molar-refractivity contribution in [2.75, 3.05) is 13.1 Å². The van der Waals surface area contributed by atoms with Crippen LogP contribution in [0.1, 0.15) is 33.4 Å². The molecule has 0 saturated heterocycles. The van der Waals surface area contributed by atoms with Crippen molar-refractivity contribution >= 4 is 0 Å². The Morgan fingerprint density at radius 2 is 1.56 bits per heavy atom. The fourth-order valence-electron chi connectivity index (χ4n) is 2.84. The van der Waals surface area contributed by atoms with Gasteiger partial charge in [0.05, 0.1) is 0 Å². The molecule has 0 amide bonds. The average molecular weight is 315 g/mol. The number of hydrogen-bond acceptors (Lipinski definition) is 1. The third-order valence-corrected chi connectivity index (χ3v) is 4.32. The van der Waals surface area contributed by atoms with Crippen molar-refractivity contribution in [1.29, 1.82) is 0 Å². The molecule has 1 aromatic rings. The Balaban J connectivity index is 0.00000162. The molecule has 0 spiro atoms. The summed E-state index contributed by atoms with van der Waals surface area (Å²) in [6.45, 7) is 11.6. The maximum atomic E-state index is 7.10. The zero-order valence-corrected chi connectivity index (χ0v) is 14.7. The van der Waals surface area contributed by atoms with Crippen molar-refractivity contribution in [1.82, 2.24) is 4.90 Å². The first-order chi connectivity index (χ1) is 8.06. The summed E-state index contributed by atoms with van der Waals surface area (Å²) in [5.41, 5.74) is 8.84. The van der Waals surface area contributed by atoms with Crippen molar-refractivity contribution in [2.24, 2.45) is 0 Å². The van der Waals surface area contributed by atoms with Crippen LogP contribution in [0.4, 0.5) is 0 Å². The van der Waals surface area contributed by atoms with Crippen molar-refractivity contribution in [3.05, 3.63) is 39.8 Å². The molecule has 0 atom stereocenters. The van der Waals surface area contributed by atoms with Crippen LogP contribution in [0.2, 0.25) is 0 Å². The molecule has 1 radical (unpaired) electrons. The van der Waals surface area contributed by atoms with E-state index in [0.717, 1.165) is 19.5 Å². The predicted octanol–water partition coefficient (Wildman–Crippen LogP) is 2.87. The van der Waals surface area contributed by atoms with E-state index in [1.807, 2.05) is 0 Å². The van der Waals surface area contributed by atoms with Crippen LogP contribution in [0.15, 0.2) is 0 Å². The van der Waals surface area contributed by atoms with Gasteiger partial charge >= 0.3 is 0 Å². The molecule has 93 valence electrons. The van der Waals surface area contributed by atoms with Crippen molar-refractivity contribution in [2.45, 2.75) is 40.7 Å². The molecule has 2 heteroatoms. The molecule has 2 rings (SSSR count). The van der Waals surface area contributed by atoms with Gasteiger partial charge in [-0.05, 0) is 67.5 Å². The fourth-order valence-corrected chi connectivity index (χ4v) is 2.84. The van der Waals surface area contributed by atoms with Crippen molar-refractivity contribution in [3.63, 3.8) is 0 Å². The van der Waals surface area contributed by atoms with Gasteiger partial charge in [0.15, 0.2) is 0 Å². The number of nitrogens with zero attached hydrogens (tertiary/aromatic N) is 1. The van der Waals surface area contributed by atoms with Gasteiger partial charge in [-0.15, -0.1) is 0 Å². The Morgan fingerprint density at radius 1 is 1.00 bits per heavy atom. The number of benzene rings is 1. The number of rotatable bonds is 1. The Kier molecular flexibility index (Phi) is 5.59. The standard InChI is InChI=1S/C16H20N.Y/c1-6-8-17-9-7-15-13(4)11(2)12(3)14(5)16(15)10-17;/h7-10H2,2-5H3;/q-1;. The molecule has 18 heavy (non-hydrogen) atoms. The SMILES string of the molecule is [C-]#CCN1CCc2c(C)c(C)c(C)c(C)c2C1.[Y]. The molecule has 0 unspecified atom stereocenters. The maximum Gasteiger partial charge on any atom is 0.0247 e. The Bertz CT molecular complexity index is 497. The fraction of sp³-hybridized carbons (Fsp3) is 0.500. The van der Waals surface area contributed by atoms with E-state index in [-0.39, 0.29) is 32.7 Å². The van der Waals surface area contributed by atoms with Gasteiger partial charge in [0.1, 0.15) is 0 Å². The zero-order valence-electron chi connectivity index (χ0n) is 11.9. The molecule has 1 aliphatic rings. The zero-order chi connectivity index (χ0) is 12.6. The molecule has 0 saturated carbocycles. The van der Waals surface area contributed by atoms with E-state index < -0.39 is 0 Å². The van der Waals surface area contributed by atoms with Gasteiger partial charge in [-0.1, -0.05) is 0 Å². The van der Waals surface area contributed by atoms with Crippen molar-refractivity contribution < 1.29 is 32.7 Å². The van der Waals surface area contributed by atoms with Crippen LogP contribution in [0.25, 0.3) is 0 Å². The summed E-state index contributed by atoms with van der Waals surface area (Å²) in [5, 5.41) is 0. The van der Waals surface area contributed by atoms with E-state index in [0.29, 0.717) is 6.54 Å². The molecule has 0 aromatic heterocycles. The average Bonchev–Trinajstić information content (AvgIpc) is 2.34. The van der Waals surface area contributed by atoms with Gasteiger partial charge in [-0.2, -0.15) is 0 Å². The number of fused-ring (bicyclic) bond motifs is 1. The van der Waals surface area contributed by atoms with Gasteiger partial charge in [0.2, 0.25) is 0 Å². The molecular formula is C16H20NY-. The second-order valence-electron chi connectivity index (χ2n) is 5.09. The van der Waals surface area contributed by atoms with E-state index in [1.54, 1.807) is 5.56 Å². The van der Waals surface area contributed by atoms with Crippen LogP contribution in [0.5, 0.6) is 0 Å². The second kappa shape index (κ2) is 6.33. The molecular weight excluding hydrogens is 295 g/mol. The van der Waals surface area contributed by atoms with E-state index in [9.17, 15) is 0 Å². The summed E-state index contributed by atoms with van der Waals surface area (Å²) in [5.74, 6) is 2.50. The molecule has 0 N–H and O–H groups in total. The van der Waals surface area contributed by atoms with Gasteiger partial charge in [-0.3, -0.25) is 4.90 Å². The van der Waals surface area contributed by atoms with Crippen LogP contribution in [0, 0.1) is 40.0 Å². The van der Waals surface area contributed by atoms with E-state index in [1.165, 1.54) is 27.8 Å². The first-order valence-corrected chi connectivity index (χ1v) is 6.26. The third kappa shape index (κ3) is 2.72. The van der Waals surface area contributed by atoms with Gasteiger partial charge in [-0.25, -0.2) is 0 Å². The molecule has 0 fully saturated rings.